The molecule has 1 aliphatic rings. The average molecular weight is 195 g/mol. The summed E-state index contributed by atoms with van der Waals surface area (Å²) in [7, 11) is 0. The van der Waals surface area contributed by atoms with Gasteiger partial charge in [-0.15, -0.1) is 0 Å². The Bertz CT molecular complexity index is 278. The lowest BCUT2D eigenvalue weighted by atomic mass is 10.3. The van der Waals surface area contributed by atoms with Gasteiger partial charge in [-0.1, -0.05) is 6.07 Å². The van der Waals surface area contributed by atoms with E-state index in [4.69, 9.17) is 14.6 Å². The van der Waals surface area contributed by atoms with E-state index in [0.29, 0.717) is 13.0 Å². The van der Waals surface area contributed by atoms with Crippen LogP contribution < -0.4 is 0 Å². The van der Waals surface area contributed by atoms with Crippen LogP contribution in [-0.4, -0.2) is 29.4 Å². The number of aliphatic hydroxyl groups is 1. The molecule has 1 aromatic rings. The molecule has 0 aromatic carbocycles. The van der Waals surface area contributed by atoms with Crippen LogP contribution in [0.3, 0.4) is 0 Å². The van der Waals surface area contributed by atoms with Gasteiger partial charge < -0.3 is 14.6 Å². The summed E-state index contributed by atoms with van der Waals surface area (Å²) in [6.45, 7) is 0.658. The standard InChI is InChI=1S/C10H13NO3/c12-6-4-8-7-13-10(14-8)9-3-1-2-5-11-9/h1-3,5,8,10,12H,4,6-7H2. The fourth-order valence-corrected chi connectivity index (χ4v) is 1.41. The Morgan fingerprint density at radius 2 is 2.43 bits per heavy atom. The Balaban J connectivity index is 1.96. The summed E-state index contributed by atoms with van der Waals surface area (Å²) in [5.41, 5.74) is 0.785. The van der Waals surface area contributed by atoms with Gasteiger partial charge in [-0.2, -0.15) is 0 Å². The first-order chi connectivity index (χ1) is 6.90. The molecule has 0 saturated carbocycles. The van der Waals surface area contributed by atoms with Crippen molar-refractivity contribution in [3.8, 4) is 0 Å². The molecule has 2 rings (SSSR count). The fourth-order valence-electron chi connectivity index (χ4n) is 1.41. The molecule has 76 valence electrons. The van der Waals surface area contributed by atoms with Crippen molar-refractivity contribution >= 4 is 0 Å². The maximum atomic E-state index is 8.73. The topological polar surface area (TPSA) is 51.6 Å². The smallest absolute Gasteiger partial charge is 0.201 e. The van der Waals surface area contributed by atoms with E-state index in [2.05, 4.69) is 4.98 Å². The van der Waals surface area contributed by atoms with E-state index in [0.717, 1.165) is 5.69 Å². The summed E-state index contributed by atoms with van der Waals surface area (Å²) in [5.74, 6) is 0. The molecule has 1 aromatic heterocycles. The predicted octanol–water partition coefficient (Wildman–Crippen LogP) is 0.878. The zero-order chi connectivity index (χ0) is 9.80. The van der Waals surface area contributed by atoms with E-state index in [9.17, 15) is 0 Å². The molecule has 1 fully saturated rings. The summed E-state index contributed by atoms with van der Waals surface area (Å²) in [6.07, 6.45) is 1.95. The van der Waals surface area contributed by atoms with Crippen LogP contribution >= 0.6 is 0 Å². The molecule has 2 heterocycles. The third-order valence-electron chi connectivity index (χ3n) is 2.13. The summed E-state index contributed by atoms with van der Waals surface area (Å²) >= 11 is 0. The van der Waals surface area contributed by atoms with Crippen LogP contribution in [0.1, 0.15) is 18.4 Å². The van der Waals surface area contributed by atoms with Crippen LogP contribution in [0.5, 0.6) is 0 Å². The Hall–Kier alpha value is -0.970. The van der Waals surface area contributed by atoms with Crippen molar-refractivity contribution < 1.29 is 14.6 Å². The van der Waals surface area contributed by atoms with Crippen molar-refractivity contribution in [3.63, 3.8) is 0 Å². The van der Waals surface area contributed by atoms with Crippen molar-refractivity contribution in [2.75, 3.05) is 13.2 Å². The van der Waals surface area contributed by atoms with E-state index in [1.165, 1.54) is 0 Å². The molecule has 0 radical (unpaired) electrons. The zero-order valence-corrected chi connectivity index (χ0v) is 7.80. The predicted molar refractivity (Wildman–Crippen MR) is 49.5 cm³/mol. The summed E-state index contributed by atoms with van der Waals surface area (Å²) in [4.78, 5) is 4.14. The monoisotopic (exact) mass is 195 g/mol. The lowest BCUT2D eigenvalue weighted by molar-refractivity contribution is -0.0656. The van der Waals surface area contributed by atoms with Crippen LogP contribution in [0.15, 0.2) is 24.4 Å². The lowest BCUT2D eigenvalue weighted by Crippen LogP contribution is -2.11. The quantitative estimate of drug-likeness (QED) is 0.777. The molecular weight excluding hydrogens is 182 g/mol. The molecule has 0 amide bonds. The first-order valence-electron chi connectivity index (χ1n) is 4.69. The van der Waals surface area contributed by atoms with Gasteiger partial charge in [0.05, 0.1) is 18.4 Å². The van der Waals surface area contributed by atoms with Crippen molar-refractivity contribution in [3.05, 3.63) is 30.1 Å². The van der Waals surface area contributed by atoms with E-state index in [1.54, 1.807) is 6.20 Å². The molecular formula is C10H13NO3. The first kappa shape index (κ1) is 9.58. The van der Waals surface area contributed by atoms with Crippen LogP contribution in [0.4, 0.5) is 0 Å². The second kappa shape index (κ2) is 4.50. The average Bonchev–Trinajstić information content (AvgIpc) is 2.68. The van der Waals surface area contributed by atoms with E-state index in [1.807, 2.05) is 18.2 Å². The number of aliphatic hydroxyl groups excluding tert-OH is 1. The number of nitrogens with zero attached hydrogens (tertiary/aromatic N) is 1. The zero-order valence-electron chi connectivity index (χ0n) is 7.80. The Morgan fingerprint density at radius 1 is 1.50 bits per heavy atom. The minimum absolute atomic E-state index is 0.00740. The number of rotatable bonds is 3. The fraction of sp³-hybridized carbons (Fsp3) is 0.500. The molecule has 4 nitrogen and oxygen atoms in total. The first-order valence-corrected chi connectivity index (χ1v) is 4.69. The van der Waals surface area contributed by atoms with Gasteiger partial charge in [0.1, 0.15) is 0 Å². The Kier molecular flexibility index (Phi) is 3.08. The number of pyridine rings is 1. The Labute approximate surface area is 82.5 Å². The van der Waals surface area contributed by atoms with Gasteiger partial charge in [0, 0.05) is 12.8 Å². The van der Waals surface area contributed by atoms with Crippen LogP contribution in [0.25, 0.3) is 0 Å². The van der Waals surface area contributed by atoms with Gasteiger partial charge in [-0.3, -0.25) is 4.98 Å². The van der Waals surface area contributed by atoms with Gasteiger partial charge in [0.25, 0.3) is 0 Å². The summed E-state index contributed by atoms with van der Waals surface area (Å²) in [6, 6.07) is 5.62. The third kappa shape index (κ3) is 2.09. The second-order valence-electron chi connectivity index (χ2n) is 3.19. The van der Waals surface area contributed by atoms with Crippen molar-refractivity contribution in [2.24, 2.45) is 0 Å². The molecule has 1 saturated heterocycles. The van der Waals surface area contributed by atoms with E-state index >= 15 is 0 Å². The van der Waals surface area contributed by atoms with Crippen molar-refractivity contribution in [2.45, 2.75) is 18.8 Å². The number of aromatic nitrogens is 1. The molecule has 2 unspecified atom stereocenters. The number of hydrogen-bond acceptors (Lipinski definition) is 4. The maximum absolute atomic E-state index is 8.73. The van der Waals surface area contributed by atoms with Gasteiger partial charge >= 0.3 is 0 Å². The SMILES string of the molecule is OCCC1COC(c2ccccn2)O1. The molecule has 4 heteroatoms. The lowest BCUT2D eigenvalue weighted by Gasteiger charge is -2.09. The summed E-state index contributed by atoms with van der Waals surface area (Å²) < 4.78 is 11.0. The number of ether oxygens (including phenoxy) is 2. The van der Waals surface area contributed by atoms with Crippen LogP contribution in [0, 0.1) is 0 Å². The highest BCUT2D eigenvalue weighted by molar-refractivity contribution is 5.05. The summed E-state index contributed by atoms with van der Waals surface area (Å²) in [5, 5.41) is 8.73. The van der Waals surface area contributed by atoms with Gasteiger partial charge in [0.15, 0.2) is 0 Å². The molecule has 0 aliphatic carbocycles. The highest BCUT2D eigenvalue weighted by Crippen LogP contribution is 2.26. The third-order valence-corrected chi connectivity index (χ3v) is 2.13. The maximum Gasteiger partial charge on any atom is 0.201 e. The molecule has 1 N–H and O–H groups in total. The van der Waals surface area contributed by atoms with E-state index in [-0.39, 0.29) is 19.0 Å². The number of hydrogen-bond donors (Lipinski definition) is 1. The highest BCUT2D eigenvalue weighted by Gasteiger charge is 2.27. The minimum atomic E-state index is -0.368. The molecule has 2 atom stereocenters. The Morgan fingerprint density at radius 3 is 3.14 bits per heavy atom. The van der Waals surface area contributed by atoms with E-state index < -0.39 is 0 Å². The van der Waals surface area contributed by atoms with Crippen molar-refractivity contribution in [1.29, 1.82) is 0 Å². The minimum Gasteiger partial charge on any atom is -0.396 e. The van der Waals surface area contributed by atoms with Gasteiger partial charge in [-0.05, 0) is 18.6 Å². The van der Waals surface area contributed by atoms with Crippen molar-refractivity contribution in [1.82, 2.24) is 4.98 Å². The molecule has 0 bridgehead atoms. The second-order valence-corrected chi connectivity index (χ2v) is 3.19. The van der Waals surface area contributed by atoms with Crippen LogP contribution in [-0.2, 0) is 9.47 Å². The largest absolute Gasteiger partial charge is 0.396 e. The van der Waals surface area contributed by atoms with Crippen LogP contribution in [0.2, 0.25) is 0 Å². The molecule has 0 spiro atoms. The van der Waals surface area contributed by atoms with Gasteiger partial charge in [0.2, 0.25) is 6.29 Å². The highest BCUT2D eigenvalue weighted by atomic mass is 16.7. The van der Waals surface area contributed by atoms with Gasteiger partial charge in [-0.25, -0.2) is 0 Å². The molecule has 1 aliphatic heterocycles. The molecule has 14 heavy (non-hydrogen) atoms. The normalized spacial score (nSPS) is 26.6.